The molecule has 0 aliphatic carbocycles. The van der Waals surface area contributed by atoms with E-state index in [1.54, 1.807) is 4.90 Å². The molecule has 20 heavy (non-hydrogen) atoms. The number of carbonyl (C=O) groups excluding carboxylic acids is 1. The van der Waals surface area contributed by atoms with Gasteiger partial charge in [-0.05, 0) is 33.6 Å². The van der Waals surface area contributed by atoms with Crippen LogP contribution in [0.1, 0.15) is 47.0 Å². The summed E-state index contributed by atoms with van der Waals surface area (Å²) >= 11 is 0. The first-order chi connectivity index (χ1) is 9.14. The maximum Gasteiger partial charge on any atom is 0.248 e. The summed E-state index contributed by atoms with van der Waals surface area (Å²) < 4.78 is 28.7. The summed E-state index contributed by atoms with van der Waals surface area (Å²) in [6, 6.07) is -0.178. The first-order valence-corrected chi connectivity index (χ1v) is 9.10. The summed E-state index contributed by atoms with van der Waals surface area (Å²) in [7, 11) is -2.98. The van der Waals surface area contributed by atoms with Crippen LogP contribution in [0.25, 0.3) is 0 Å². The van der Waals surface area contributed by atoms with E-state index in [9.17, 15) is 13.2 Å². The third-order valence-electron chi connectivity index (χ3n) is 3.35. The molecule has 6 heteroatoms. The predicted molar refractivity (Wildman–Crippen MR) is 79.4 cm³/mol. The maximum atomic E-state index is 12.3. The fourth-order valence-electron chi connectivity index (χ4n) is 2.22. The molecule has 0 aromatic heterocycles. The molecule has 0 saturated carbocycles. The van der Waals surface area contributed by atoms with E-state index in [2.05, 4.69) is 6.92 Å². The number of unbranched alkanes of at least 4 members (excludes halogenated alkanes) is 1. The number of hydrogen-bond donors (Lipinski definition) is 0. The molecule has 1 rings (SSSR count). The van der Waals surface area contributed by atoms with E-state index >= 15 is 0 Å². The lowest BCUT2D eigenvalue weighted by Crippen LogP contribution is -2.44. The first kappa shape index (κ1) is 17.4. The van der Waals surface area contributed by atoms with Gasteiger partial charge in [0.05, 0.1) is 17.1 Å². The Morgan fingerprint density at radius 1 is 1.35 bits per heavy atom. The summed E-state index contributed by atoms with van der Waals surface area (Å²) in [4.78, 5) is 14.0. The van der Waals surface area contributed by atoms with E-state index in [1.165, 1.54) is 0 Å². The van der Waals surface area contributed by atoms with Crippen LogP contribution in [0.4, 0.5) is 0 Å². The monoisotopic (exact) mass is 305 g/mol. The van der Waals surface area contributed by atoms with E-state index in [1.807, 2.05) is 20.8 Å². The topological polar surface area (TPSA) is 63.7 Å². The third-order valence-corrected chi connectivity index (χ3v) is 5.10. The van der Waals surface area contributed by atoms with Crippen LogP contribution in [0.15, 0.2) is 0 Å². The third kappa shape index (κ3) is 5.79. The number of hydrogen-bond acceptors (Lipinski definition) is 4. The Kier molecular flexibility index (Phi) is 6.01. The molecule has 5 nitrogen and oxygen atoms in total. The predicted octanol–water partition coefficient (Wildman–Crippen LogP) is 1.62. The molecule has 1 atom stereocenters. The Balaban J connectivity index is 2.66. The molecule has 0 N–H and O–H groups in total. The fourth-order valence-corrected chi connectivity index (χ4v) is 3.95. The van der Waals surface area contributed by atoms with Gasteiger partial charge in [0.2, 0.25) is 5.91 Å². The summed E-state index contributed by atoms with van der Waals surface area (Å²) in [5, 5.41) is 0. The molecule has 1 amide bonds. The second-order valence-corrected chi connectivity index (χ2v) is 8.63. The molecule has 0 aromatic rings. The van der Waals surface area contributed by atoms with Crippen LogP contribution in [0.5, 0.6) is 0 Å². The van der Waals surface area contributed by atoms with Crippen molar-refractivity contribution >= 4 is 15.7 Å². The Bertz CT molecular complexity index is 425. The standard InChI is InChI=1S/C14H27NO4S/c1-5-6-8-15(12-7-9-20(17,18)11-12)13(16)10-19-14(2,3)4/h12H,5-11H2,1-4H3. The fraction of sp³-hybridized carbons (Fsp3) is 0.929. The Morgan fingerprint density at radius 3 is 2.45 bits per heavy atom. The molecule has 1 aliphatic heterocycles. The summed E-state index contributed by atoms with van der Waals surface area (Å²) in [5.41, 5.74) is -0.367. The number of ether oxygens (including phenoxy) is 1. The van der Waals surface area contributed by atoms with E-state index in [-0.39, 0.29) is 35.7 Å². The molecular weight excluding hydrogens is 278 g/mol. The molecule has 0 bridgehead atoms. The van der Waals surface area contributed by atoms with Crippen molar-refractivity contribution < 1.29 is 17.9 Å². The zero-order chi connectivity index (χ0) is 15.4. The van der Waals surface area contributed by atoms with Crippen LogP contribution in [0, 0.1) is 0 Å². The summed E-state index contributed by atoms with van der Waals surface area (Å²) in [5.74, 6) is 0.182. The van der Waals surface area contributed by atoms with Gasteiger partial charge in [0.25, 0.3) is 0 Å². The van der Waals surface area contributed by atoms with Crippen molar-refractivity contribution in [3.8, 4) is 0 Å². The molecule has 118 valence electrons. The van der Waals surface area contributed by atoms with Crippen molar-refractivity contribution in [1.29, 1.82) is 0 Å². The number of amides is 1. The summed E-state index contributed by atoms with van der Waals surface area (Å²) in [6.07, 6.45) is 2.41. The van der Waals surface area contributed by atoms with Gasteiger partial charge in [0.1, 0.15) is 6.61 Å². The van der Waals surface area contributed by atoms with Crippen LogP contribution >= 0.6 is 0 Å². The van der Waals surface area contributed by atoms with Gasteiger partial charge >= 0.3 is 0 Å². The zero-order valence-electron chi connectivity index (χ0n) is 13.0. The van der Waals surface area contributed by atoms with Gasteiger partial charge in [0.15, 0.2) is 9.84 Å². The molecule has 1 unspecified atom stereocenters. The molecule has 0 aromatic carbocycles. The molecule has 1 heterocycles. The highest BCUT2D eigenvalue weighted by Crippen LogP contribution is 2.19. The highest BCUT2D eigenvalue weighted by Gasteiger charge is 2.34. The Labute approximate surface area is 122 Å². The SMILES string of the molecule is CCCCN(C(=O)COC(C)(C)C)C1CCS(=O)(=O)C1. The smallest absolute Gasteiger partial charge is 0.248 e. The molecule has 1 aliphatic rings. The van der Waals surface area contributed by atoms with E-state index in [0.717, 1.165) is 12.8 Å². The lowest BCUT2D eigenvalue weighted by atomic mass is 10.2. The van der Waals surface area contributed by atoms with Crippen molar-refractivity contribution in [3.63, 3.8) is 0 Å². The zero-order valence-corrected chi connectivity index (χ0v) is 13.8. The van der Waals surface area contributed by atoms with Crippen molar-refractivity contribution in [3.05, 3.63) is 0 Å². The van der Waals surface area contributed by atoms with Crippen molar-refractivity contribution in [2.24, 2.45) is 0 Å². The highest BCUT2D eigenvalue weighted by molar-refractivity contribution is 7.91. The number of rotatable bonds is 6. The number of nitrogens with zero attached hydrogens (tertiary/aromatic N) is 1. The average Bonchev–Trinajstić information content (AvgIpc) is 2.66. The van der Waals surface area contributed by atoms with Crippen LogP contribution in [-0.2, 0) is 19.4 Å². The molecular formula is C14H27NO4S. The van der Waals surface area contributed by atoms with Crippen molar-refractivity contribution in [2.75, 3.05) is 24.7 Å². The molecule has 1 fully saturated rings. The van der Waals surface area contributed by atoms with E-state index in [0.29, 0.717) is 13.0 Å². The quantitative estimate of drug-likeness (QED) is 0.748. The van der Waals surface area contributed by atoms with Gasteiger partial charge < -0.3 is 9.64 Å². The minimum Gasteiger partial charge on any atom is -0.366 e. The second kappa shape index (κ2) is 6.89. The maximum absolute atomic E-state index is 12.3. The first-order valence-electron chi connectivity index (χ1n) is 7.28. The lowest BCUT2D eigenvalue weighted by molar-refractivity contribution is -0.143. The van der Waals surface area contributed by atoms with Crippen LogP contribution < -0.4 is 0 Å². The average molecular weight is 305 g/mol. The van der Waals surface area contributed by atoms with Gasteiger partial charge in [0, 0.05) is 12.6 Å². The Hall–Kier alpha value is -0.620. The van der Waals surface area contributed by atoms with Crippen LogP contribution in [0.2, 0.25) is 0 Å². The van der Waals surface area contributed by atoms with Crippen molar-refractivity contribution in [1.82, 2.24) is 4.90 Å². The van der Waals surface area contributed by atoms with Gasteiger partial charge in [-0.1, -0.05) is 13.3 Å². The van der Waals surface area contributed by atoms with Gasteiger partial charge in [-0.15, -0.1) is 0 Å². The normalized spacial score (nSPS) is 21.9. The largest absolute Gasteiger partial charge is 0.366 e. The van der Waals surface area contributed by atoms with E-state index < -0.39 is 9.84 Å². The minimum atomic E-state index is -2.98. The molecule has 0 spiro atoms. The van der Waals surface area contributed by atoms with Gasteiger partial charge in [-0.3, -0.25) is 4.79 Å². The molecule has 1 saturated heterocycles. The Morgan fingerprint density at radius 2 is 2.00 bits per heavy atom. The lowest BCUT2D eigenvalue weighted by Gasteiger charge is -2.29. The van der Waals surface area contributed by atoms with Crippen LogP contribution in [-0.4, -0.2) is 55.5 Å². The van der Waals surface area contributed by atoms with Gasteiger partial charge in [-0.25, -0.2) is 8.42 Å². The molecule has 0 radical (unpaired) electrons. The summed E-state index contributed by atoms with van der Waals surface area (Å²) in [6.45, 7) is 8.39. The van der Waals surface area contributed by atoms with Gasteiger partial charge in [-0.2, -0.15) is 0 Å². The highest BCUT2D eigenvalue weighted by atomic mass is 32.2. The second-order valence-electron chi connectivity index (χ2n) is 6.40. The van der Waals surface area contributed by atoms with E-state index in [4.69, 9.17) is 4.74 Å². The minimum absolute atomic E-state index is 0.0176. The van der Waals surface area contributed by atoms with Crippen LogP contribution in [0.3, 0.4) is 0 Å². The van der Waals surface area contributed by atoms with Crippen molar-refractivity contribution in [2.45, 2.75) is 58.6 Å². The number of sulfone groups is 1. The number of carbonyl (C=O) groups is 1.